The summed E-state index contributed by atoms with van der Waals surface area (Å²) in [5.41, 5.74) is 1.57. The fourth-order valence-electron chi connectivity index (χ4n) is 2.29. The first-order chi connectivity index (χ1) is 8.22. The van der Waals surface area contributed by atoms with Gasteiger partial charge in [-0.2, -0.15) is 0 Å². The van der Waals surface area contributed by atoms with Gasteiger partial charge in [-0.25, -0.2) is 0 Å². The topological polar surface area (TPSA) is 48.0 Å². The van der Waals surface area contributed by atoms with Crippen LogP contribution in [0.4, 0.5) is 0 Å². The Morgan fingerprint density at radius 3 is 3.00 bits per heavy atom. The van der Waals surface area contributed by atoms with E-state index in [4.69, 9.17) is 14.2 Å². The summed E-state index contributed by atoms with van der Waals surface area (Å²) >= 11 is 0. The van der Waals surface area contributed by atoms with Crippen LogP contribution < -0.4 is 14.2 Å². The lowest BCUT2D eigenvalue weighted by Crippen LogP contribution is -2.34. The van der Waals surface area contributed by atoms with Crippen molar-refractivity contribution >= 4 is 5.91 Å². The van der Waals surface area contributed by atoms with Crippen molar-refractivity contribution in [2.45, 2.75) is 6.42 Å². The van der Waals surface area contributed by atoms with Crippen LogP contribution >= 0.6 is 0 Å². The number of likely N-dealkylation sites (N-methyl/N-ethyl adjacent to an activating group) is 1. The van der Waals surface area contributed by atoms with Gasteiger partial charge in [0.15, 0.2) is 11.5 Å². The molecule has 2 aliphatic heterocycles. The molecule has 1 amide bonds. The van der Waals surface area contributed by atoms with Gasteiger partial charge in [-0.15, -0.1) is 0 Å². The number of nitrogens with zero attached hydrogens (tertiary/aromatic N) is 1. The Balaban J connectivity index is 2.22. The predicted octanol–water partition coefficient (Wildman–Crippen LogP) is 1.05. The van der Waals surface area contributed by atoms with Gasteiger partial charge < -0.3 is 19.1 Å². The minimum Gasteiger partial charge on any atom is -0.492 e. The van der Waals surface area contributed by atoms with E-state index in [2.05, 4.69) is 0 Å². The fourth-order valence-corrected chi connectivity index (χ4v) is 2.29. The normalized spacial score (nSPS) is 17.1. The Hall–Kier alpha value is -1.91. The molecule has 1 aromatic carbocycles. The summed E-state index contributed by atoms with van der Waals surface area (Å²) in [7, 11) is 3.38. The number of amides is 1. The van der Waals surface area contributed by atoms with Crippen LogP contribution in [0.15, 0.2) is 6.07 Å². The lowest BCUT2D eigenvalue weighted by Gasteiger charge is -2.26. The van der Waals surface area contributed by atoms with Crippen molar-refractivity contribution in [2.24, 2.45) is 0 Å². The van der Waals surface area contributed by atoms with Gasteiger partial charge in [0.1, 0.15) is 0 Å². The van der Waals surface area contributed by atoms with E-state index in [1.54, 1.807) is 25.1 Å². The lowest BCUT2D eigenvalue weighted by atomic mass is 9.97. The predicted molar refractivity (Wildman–Crippen MR) is 59.8 cm³/mol. The molecule has 0 aliphatic carbocycles. The average Bonchev–Trinajstić information content (AvgIpc) is 2.79. The number of fused-ring (bicyclic) bond motifs is 2. The number of carbonyl (C=O) groups excluding carboxylic acids is 1. The van der Waals surface area contributed by atoms with Gasteiger partial charge >= 0.3 is 0 Å². The molecule has 90 valence electrons. The smallest absolute Gasteiger partial charge is 0.254 e. The van der Waals surface area contributed by atoms with Crippen LogP contribution in [0.5, 0.6) is 17.2 Å². The van der Waals surface area contributed by atoms with E-state index < -0.39 is 0 Å². The highest BCUT2D eigenvalue weighted by atomic mass is 16.7. The molecule has 5 heteroatoms. The summed E-state index contributed by atoms with van der Waals surface area (Å²) in [4.78, 5) is 13.8. The highest BCUT2D eigenvalue weighted by Gasteiger charge is 2.31. The van der Waals surface area contributed by atoms with E-state index >= 15 is 0 Å². The monoisotopic (exact) mass is 235 g/mol. The molecule has 3 rings (SSSR count). The molecular formula is C12H13NO4. The van der Waals surface area contributed by atoms with Crippen molar-refractivity contribution in [3.63, 3.8) is 0 Å². The minimum atomic E-state index is 0.00264. The molecule has 0 unspecified atom stereocenters. The molecule has 0 saturated carbocycles. The molecule has 0 N–H and O–H groups in total. The maximum absolute atomic E-state index is 12.1. The number of ether oxygens (including phenoxy) is 3. The molecule has 2 heterocycles. The quantitative estimate of drug-likeness (QED) is 0.730. The highest BCUT2D eigenvalue weighted by molar-refractivity contribution is 5.98. The third-order valence-corrected chi connectivity index (χ3v) is 3.20. The van der Waals surface area contributed by atoms with Gasteiger partial charge in [-0.1, -0.05) is 0 Å². The second-order valence-corrected chi connectivity index (χ2v) is 4.15. The zero-order valence-electron chi connectivity index (χ0n) is 9.78. The fraction of sp³-hybridized carbons (Fsp3) is 0.417. The van der Waals surface area contributed by atoms with E-state index in [0.717, 1.165) is 12.0 Å². The van der Waals surface area contributed by atoms with Gasteiger partial charge in [0, 0.05) is 19.2 Å². The summed E-state index contributed by atoms with van der Waals surface area (Å²) in [6, 6.07) is 1.75. The number of methoxy groups -OCH3 is 1. The van der Waals surface area contributed by atoms with Crippen LogP contribution in [0.3, 0.4) is 0 Å². The van der Waals surface area contributed by atoms with Gasteiger partial charge in [-0.3, -0.25) is 4.79 Å². The molecule has 17 heavy (non-hydrogen) atoms. The van der Waals surface area contributed by atoms with E-state index in [-0.39, 0.29) is 12.7 Å². The molecule has 0 saturated heterocycles. The van der Waals surface area contributed by atoms with Crippen molar-refractivity contribution < 1.29 is 19.0 Å². The largest absolute Gasteiger partial charge is 0.492 e. The van der Waals surface area contributed by atoms with E-state index in [9.17, 15) is 4.79 Å². The van der Waals surface area contributed by atoms with E-state index in [0.29, 0.717) is 29.4 Å². The van der Waals surface area contributed by atoms with Gasteiger partial charge in [0.05, 0.1) is 12.7 Å². The van der Waals surface area contributed by atoms with Gasteiger partial charge in [0.25, 0.3) is 5.91 Å². The summed E-state index contributed by atoms with van der Waals surface area (Å²) in [6.45, 7) is 0.875. The van der Waals surface area contributed by atoms with E-state index in [1.807, 2.05) is 0 Å². The average molecular weight is 235 g/mol. The SMILES string of the molecule is COc1c2c(cc3c1OCO3)C(=O)N(C)CC2. The number of carbonyl (C=O) groups is 1. The Bertz CT molecular complexity index is 498. The first-order valence-electron chi connectivity index (χ1n) is 5.47. The van der Waals surface area contributed by atoms with Crippen molar-refractivity contribution in [3.8, 4) is 17.2 Å². The van der Waals surface area contributed by atoms with E-state index in [1.165, 1.54) is 0 Å². The minimum absolute atomic E-state index is 0.00264. The van der Waals surface area contributed by atoms with Crippen LogP contribution in [0, 0.1) is 0 Å². The number of hydrogen-bond acceptors (Lipinski definition) is 4. The summed E-state index contributed by atoms with van der Waals surface area (Å²) < 4.78 is 16.1. The maximum atomic E-state index is 12.1. The third kappa shape index (κ3) is 1.35. The number of benzene rings is 1. The molecule has 0 spiro atoms. The molecule has 2 aliphatic rings. The Kier molecular flexibility index (Phi) is 2.14. The summed E-state index contributed by atoms with van der Waals surface area (Å²) in [5.74, 6) is 1.84. The Morgan fingerprint density at radius 2 is 2.24 bits per heavy atom. The zero-order chi connectivity index (χ0) is 12.0. The molecule has 0 bridgehead atoms. The Labute approximate surface area is 98.9 Å². The van der Waals surface area contributed by atoms with Crippen LogP contribution in [0.25, 0.3) is 0 Å². The van der Waals surface area contributed by atoms with Crippen LogP contribution in [-0.4, -0.2) is 38.3 Å². The van der Waals surface area contributed by atoms with Gasteiger partial charge in [0.2, 0.25) is 12.5 Å². The number of hydrogen-bond donors (Lipinski definition) is 0. The molecular weight excluding hydrogens is 222 g/mol. The van der Waals surface area contributed by atoms with Crippen molar-refractivity contribution in [1.82, 2.24) is 4.90 Å². The standard InChI is InChI=1S/C12H13NO4/c1-13-4-3-7-8(12(13)14)5-9-11(10(7)15-2)17-6-16-9/h5H,3-4,6H2,1-2H3. The molecule has 0 atom stereocenters. The summed E-state index contributed by atoms with van der Waals surface area (Å²) in [5, 5.41) is 0. The first kappa shape index (κ1) is 10.3. The molecule has 5 nitrogen and oxygen atoms in total. The Morgan fingerprint density at radius 1 is 1.41 bits per heavy atom. The van der Waals surface area contributed by atoms with Gasteiger partial charge in [-0.05, 0) is 12.5 Å². The molecule has 0 radical (unpaired) electrons. The summed E-state index contributed by atoms with van der Waals surface area (Å²) in [6.07, 6.45) is 0.775. The van der Waals surface area contributed by atoms with Crippen molar-refractivity contribution in [1.29, 1.82) is 0 Å². The second kappa shape index (κ2) is 3.55. The number of rotatable bonds is 1. The molecule has 1 aromatic rings. The maximum Gasteiger partial charge on any atom is 0.254 e. The lowest BCUT2D eigenvalue weighted by molar-refractivity contribution is 0.0779. The highest BCUT2D eigenvalue weighted by Crippen LogP contribution is 2.46. The van der Waals surface area contributed by atoms with Crippen LogP contribution in [0.2, 0.25) is 0 Å². The third-order valence-electron chi connectivity index (χ3n) is 3.20. The zero-order valence-corrected chi connectivity index (χ0v) is 9.78. The van der Waals surface area contributed by atoms with Crippen LogP contribution in [-0.2, 0) is 6.42 Å². The molecule has 0 fully saturated rings. The van der Waals surface area contributed by atoms with Crippen molar-refractivity contribution in [2.75, 3.05) is 27.5 Å². The molecule has 0 aromatic heterocycles. The second-order valence-electron chi connectivity index (χ2n) is 4.15. The van der Waals surface area contributed by atoms with Crippen molar-refractivity contribution in [3.05, 3.63) is 17.2 Å². The first-order valence-corrected chi connectivity index (χ1v) is 5.47. The van der Waals surface area contributed by atoms with Crippen LogP contribution in [0.1, 0.15) is 15.9 Å².